The Labute approximate surface area is 131 Å². The first-order valence-electron chi connectivity index (χ1n) is 6.25. The van der Waals surface area contributed by atoms with E-state index in [-0.39, 0.29) is 22.9 Å². The molecule has 0 saturated heterocycles. The highest BCUT2D eigenvalue weighted by molar-refractivity contribution is 6.33. The monoisotopic (exact) mass is 321 g/mol. The lowest BCUT2D eigenvalue weighted by molar-refractivity contribution is -0.384. The standard InChI is InChI=1S/C15H12ClNO5/c1-21-12-5-2-10(3-6-12)9-22-15(18)13-8-11(17(19)20)4-7-14(13)16/h2-8H,9H2,1H3. The first kappa shape index (κ1) is 15.8. The maximum absolute atomic E-state index is 12.0. The van der Waals surface area contributed by atoms with Crippen LogP contribution in [0.5, 0.6) is 5.75 Å². The van der Waals surface area contributed by atoms with Crippen LogP contribution < -0.4 is 4.74 Å². The molecular weight excluding hydrogens is 310 g/mol. The number of hydrogen-bond donors (Lipinski definition) is 0. The first-order chi connectivity index (χ1) is 10.5. The summed E-state index contributed by atoms with van der Waals surface area (Å²) in [6, 6.07) is 10.6. The average molecular weight is 322 g/mol. The molecule has 6 nitrogen and oxygen atoms in total. The maximum atomic E-state index is 12.0. The van der Waals surface area contributed by atoms with E-state index in [9.17, 15) is 14.9 Å². The molecule has 0 saturated carbocycles. The van der Waals surface area contributed by atoms with Gasteiger partial charge in [0, 0.05) is 12.1 Å². The van der Waals surface area contributed by atoms with Crippen LogP contribution in [-0.4, -0.2) is 18.0 Å². The third-order valence-electron chi connectivity index (χ3n) is 2.91. The fourth-order valence-corrected chi connectivity index (χ4v) is 1.93. The molecule has 0 aliphatic heterocycles. The van der Waals surface area contributed by atoms with Gasteiger partial charge in [-0.3, -0.25) is 10.1 Å². The van der Waals surface area contributed by atoms with Crippen LogP contribution in [0.3, 0.4) is 0 Å². The fraction of sp³-hybridized carbons (Fsp3) is 0.133. The van der Waals surface area contributed by atoms with E-state index in [4.69, 9.17) is 21.1 Å². The Morgan fingerprint density at radius 1 is 1.23 bits per heavy atom. The molecule has 0 aliphatic rings. The molecule has 7 heteroatoms. The molecule has 0 N–H and O–H groups in total. The molecule has 2 rings (SSSR count). The number of benzene rings is 2. The molecule has 0 amide bonds. The van der Waals surface area contributed by atoms with Gasteiger partial charge in [-0.2, -0.15) is 0 Å². The third-order valence-corrected chi connectivity index (χ3v) is 3.24. The van der Waals surface area contributed by atoms with Crippen LogP contribution in [0.25, 0.3) is 0 Å². The van der Waals surface area contributed by atoms with Gasteiger partial charge < -0.3 is 9.47 Å². The molecule has 0 atom stereocenters. The molecule has 2 aromatic carbocycles. The Morgan fingerprint density at radius 2 is 1.91 bits per heavy atom. The van der Waals surface area contributed by atoms with Crippen LogP contribution in [0.2, 0.25) is 5.02 Å². The number of nitro benzene ring substituents is 1. The number of nitrogens with zero attached hydrogens (tertiary/aromatic N) is 1. The molecule has 0 fully saturated rings. The molecule has 0 bridgehead atoms. The Morgan fingerprint density at radius 3 is 2.50 bits per heavy atom. The summed E-state index contributed by atoms with van der Waals surface area (Å²) in [5.41, 5.74) is 0.501. The predicted octanol–water partition coefficient (Wildman–Crippen LogP) is 3.61. The van der Waals surface area contributed by atoms with Gasteiger partial charge >= 0.3 is 5.97 Å². The van der Waals surface area contributed by atoms with E-state index < -0.39 is 10.9 Å². The Balaban J connectivity index is 2.08. The van der Waals surface area contributed by atoms with Crippen LogP contribution in [-0.2, 0) is 11.3 Å². The molecule has 0 heterocycles. The van der Waals surface area contributed by atoms with Crippen LogP contribution >= 0.6 is 11.6 Å². The summed E-state index contributed by atoms with van der Waals surface area (Å²) in [4.78, 5) is 22.1. The number of non-ortho nitro benzene ring substituents is 1. The van der Waals surface area contributed by atoms with Crippen molar-refractivity contribution in [3.63, 3.8) is 0 Å². The number of halogens is 1. The zero-order valence-corrected chi connectivity index (χ0v) is 12.4. The van der Waals surface area contributed by atoms with Crippen molar-refractivity contribution >= 4 is 23.3 Å². The second kappa shape index (κ2) is 6.91. The van der Waals surface area contributed by atoms with E-state index in [1.54, 1.807) is 31.4 Å². The SMILES string of the molecule is COc1ccc(COC(=O)c2cc([N+](=O)[O-])ccc2Cl)cc1. The number of rotatable bonds is 5. The highest BCUT2D eigenvalue weighted by Gasteiger charge is 2.17. The van der Waals surface area contributed by atoms with Gasteiger partial charge in [-0.05, 0) is 23.8 Å². The highest BCUT2D eigenvalue weighted by Crippen LogP contribution is 2.23. The van der Waals surface area contributed by atoms with Gasteiger partial charge in [-0.15, -0.1) is 0 Å². The third kappa shape index (κ3) is 3.73. The molecule has 22 heavy (non-hydrogen) atoms. The summed E-state index contributed by atoms with van der Waals surface area (Å²) in [7, 11) is 1.55. The second-order valence-electron chi connectivity index (χ2n) is 4.35. The van der Waals surface area contributed by atoms with Gasteiger partial charge in [0.15, 0.2) is 0 Å². The largest absolute Gasteiger partial charge is 0.497 e. The first-order valence-corrected chi connectivity index (χ1v) is 6.63. The van der Waals surface area contributed by atoms with E-state index >= 15 is 0 Å². The highest BCUT2D eigenvalue weighted by atomic mass is 35.5. The van der Waals surface area contributed by atoms with Gasteiger partial charge in [-0.1, -0.05) is 23.7 Å². The Hall–Kier alpha value is -2.60. The maximum Gasteiger partial charge on any atom is 0.340 e. The number of carbonyl (C=O) groups is 1. The minimum Gasteiger partial charge on any atom is -0.497 e. The summed E-state index contributed by atoms with van der Waals surface area (Å²) in [6.07, 6.45) is 0. The lowest BCUT2D eigenvalue weighted by Gasteiger charge is -2.07. The van der Waals surface area contributed by atoms with Crippen LogP contribution in [0.15, 0.2) is 42.5 Å². The predicted molar refractivity (Wildman–Crippen MR) is 80.2 cm³/mol. The smallest absolute Gasteiger partial charge is 0.340 e. The minimum atomic E-state index is -0.718. The van der Waals surface area contributed by atoms with Crippen molar-refractivity contribution in [1.29, 1.82) is 0 Å². The number of esters is 1. The second-order valence-corrected chi connectivity index (χ2v) is 4.75. The Bertz CT molecular complexity index is 700. The summed E-state index contributed by atoms with van der Waals surface area (Å²) in [5, 5.41) is 10.8. The van der Waals surface area contributed by atoms with E-state index in [1.807, 2.05) is 0 Å². The average Bonchev–Trinajstić information content (AvgIpc) is 2.53. The fourth-order valence-electron chi connectivity index (χ4n) is 1.73. The molecule has 0 spiro atoms. The van der Waals surface area contributed by atoms with E-state index in [0.29, 0.717) is 5.75 Å². The van der Waals surface area contributed by atoms with Gasteiger partial charge in [0.2, 0.25) is 0 Å². The molecule has 114 valence electrons. The number of ether oxygens (including phenoxy) is 2. The molecule has 0 aliphatic carbocycles. The van der Waals surface area contributed by atoms with Crippen molar-refractivity contribution in [3.8, 4) is 5.75 Å². The minimum absolute atomic E-state index is 0.0296. The van der Waals surface area contributed by atoms with Gasteiger partial charge in [0.25, 0.3) is 5.69 Å². The number of nitro groups is 1. The van der Waals surface area contributed by atoms with Crippen molar-refractivity contribution in [2.24, 2.45) is 0 Å². The zero-order chi connectivity index (χ0) is 16.1. The molecule has 0 aromatic heterocycles. The Kier molecular flexibility index (Phi) is 4.95. The van der Waals surface area contributed by atoms with E-state index in [2.05, 4.69) is 0 Å². The lowest BCUT2D eigenvalue weighted by atomic mass is 10.2. The topological polar surface area (TPSA) is 78.7 Å². The van der Waals surface area contributed by atoms with Crippen LogP contribution in [0.1, 0.15) is 15.9 Å². The summed E-state index contributed by atoms with van der Waals surface area (Å²) in [6.45, 7) is 0.0296. The van der Waals surface area contributed by atoms with Crippen molar-refractivity contribution < 1.29 is 19.2 Å². The van der Waals surface area contributed by atoms with Gasteiger partial charge in [-0.25, -0.2) is 4.79 Å². The lowest BCUT2D eigenvalue weighted by Crippen LogP contribution is -2.06. The van der Waals surface area contributed by atoms with E-state index in [1.165, 1.54) is 12.1 Å². The molecular formula is C15H12ClNO5. The van der Waals surface area contributed by atoms with Crippen LogP contribution in [0, 0.1) is 10.1 Å². The van der Waals surface area contributed by atoms with Crippen molar-refractivity contribution in [1.82, 2.24) is 0 Å². The zero-order valence-electron chi connectivity index (χ0n) is 11.6. The van der Waals surface area contributed by atoms with Crippen LogP contribution in [0.4, 0.5) is 5.69 Å². The molecule has 2 aromatic rings. The van der Waals surface area contributed by atoms with Crippen molar-refractivity contribution in [2.45, 2.75) is 6.61 Å². The number of methoxy groups -OCH3 is 1. The number of carbonyl (C=O) groups excluding carboxylic acids is 1. The summed E-state index contributed by atoms with van der Waals surface area (Å²) in [5.74, 6) is -0.0266. The molecule has 0 radical (unpaired) electrons. The summed E-state index contributed by atoms with van der Waals surface area (Å²) >= 11 is 5.88. The normalized spacial score (nSPS) is 10.1. The summed E-state index contributed by atoms with van der Waals surface area (Å²) < 4.78 is 10.1. The molecule has 0 unspecified atom stereocenters. The van der Waals surface area contributed by atoms with Gasteiger partial charge in [0.05, 0.1) is 22.6 Å². The van der Waals surface area contributed by atoms with Crippen molar-refractivity contribution in [3.05, 3.63) is 68.7 Å². The number of hydrogen-bond acceptors (Lipinski definition) is 5. The quantitative estimate of drug-likeness (QED) is 0.477. The van der Waals surface area contributed by atoms with E-state index in [0.717, 1.165) is 11.6 Å². The van der Waals surface area contributed by atoms with Crippen molar-refractivity contribution in [2.75, 3.05) is 7.11 Å². The van der Waals surface area contributed by atoms with Gasteiger partial charge in [0.1, 0.15) is 12.4 Å².